The van der Waals surface area contributed by atoms with Crippen LogP contribution in [0.1, 0.15) is 6.92 Å². The van der Waals surface area contributed by atoms with Crippen molar-refractivity contribution in [1.29, 1.82) is 0 Å². The second-order valence-corrected chi connectivity index (χ2v) is 2.56. The smallest absolute Gasteiger partial charge is 0.176 e. The molecule has 0 spiro atoms. The number of rotatable bonds is 1. The molecule has 0 radical (unpaired) electrons. The largest absolute Gasteiger partial charge is 0.371 e. The molecule has 0 saturated carbocycles. The first kappa shape index (κ1) is 7.33. The van der Waals surface area contributed by atoms with Crippen LogP contribution < -0.4 is 0 Å². The number of ether oxygens (including phenoxy) is 1. The Bertz CT molecular complexity index is 214. The van der Waals surface area contributed by atoms with Crippen LogP contribution in [-0.2, 0) is 4.74 Å². The van der Waals surface area contributed by atoms with E-state index in [9.17, 15) is 5.11 Å². The Morgan fingerprint density at radius 1 is 1.60 bits per heavy atom. The monoisotopic (exact) mass is 138 g/mol. The van der Waals surface area contributed by atoms with Gasteiger partial charge in [-0.2, -0.15) is 0 Å². The van der Waals surface area contributed by atoms with Crippen molar-refractivity contribution in [1.82, 2.24) is 0 Å². The molecule has 0 bridgehead atoms. The molecular formula is C8H10O2. The van der Waals surface area contributed by atoms with Crippen LogP contribution in [-0.4, -0.2) is 23.4 Å². The molecule has 0 aromatic heterocycles. The van der Waals surface area contributed by atoms with Gasteiger partial charge in [0.2, 0.25) is 0 Å². The van der Waals surface area contributed by atoms with Crippen molar-refractivity contribution in [2.75, 3.05) is 7.11 Å². The molecule has 0 aromatic carbocycles. The van der Waals surface area contributed by atoms with Crippen molar-refractivity contribution in [2.24, 2.45) is 0 Å². The van der Waals surface area contributed by atoms with Crippen LogP contribution in [0.5, 0.6) is 0 Å². The average molecular weight is 138 g/mol. The lowest BCUT2D eigenvalue weighted by atomic mass is 9.75. The molecule has 1 aliphatic carbocycles. The van der Waals surface area contributed by atoms with E-state index in [0.29, 0.717) is 0 Å². The van der Waals surface area contributed by atoms with Crippen molar-refractivity contribution in [3.63, 3.8) is 0 Å². The van der Waals surface area contributed by atoms with Crippen LogP contribution in [0.4, 0.5) is 0 Å². The van der Waals surface area contributed by atoms with E-state index in [1.807, 2.05) is 0 Å². The Balaban J connectivity index is 2.91. The van der Waals surface area contributed by atoms with Gasteiger partial charge in [-0.05, 0) is 19.1 Å². The number of methoxy groups -OCH3 is 1. The van der Waals surface area contributed by atoms with Gasteiger partial charge >= 0.3 is 0 Å². The van der Waals surface area contributed by atoms with Crippen LogP contribution in [0, 0.1) is 12.3 Å². The van der Waals surface area contributed by atoms with Crippen molar-refractivity contribution < 1.29 is 9.84 Å². The Hall–Kier alpha value is -0.780. The molecule has 0 amide bonds. The van der Waals surface area contributed by atoms with Crippen molar-refractivity contribution >= 4 is 0 Å². The number of hydrogen-bond donors (Lipinski definition) is 1. The molecule has 0 fully saturated rings. The summed E-state index contributed by atoms with van der Waals surface area (Å²) in [6.45, 7) is 1.74. The minimum atomic E-state index is -1.21. The second kappa shape index (κ2) is 1.85. The summed E-state index contributed by atoms with van der Waals surface area (Å²) < 4.78 is 5.00. The van der Waals surface area contributed by atoms with Gasteiger partial charge in [-0.25, -0.2) is 0 Å². The molecule has 0 saturated heterocycles. The first-order valence-electron chi connectivity index (χ1n) is 3.04. The number of aliphatic hydroxyl groups is 1. The second-order valence-electron chi connectivity index (χ2n) is 2.56. The Morgan fingerprint density at radius 2 is 2.20 bits per heavy atom. The van der Waals surface area contributed by atoms with Crippen LogP contribution in [0.3, 0.4) is 0 Å². The fourth-order valence-corrected chi connectivity index (χ4v) is 0.891. The molecule has 2 heteroatoms. The number of hydrogen-bond acceptors (Lipinski definition) is 2. The van der Waals surface area contributed by atoms with E-state index in [2.05, 4.69) is 5.92 Å². The summed E-state index contributed by atoms with van der Waals surface area (Å²) in [5.74, 6) is 2.26. The standard InChI is InChI=1S/C8H10O2/c1-4-8(9)6-5-7(8,2)10-3/h1,5-6,9H,2-3H3/t7-,8+/m1/s1. The van der Waals surface area contributed by atoms with Gasteiger partial charge in [-0.1, -0.05) is 5.92 Å². The highest BCUT2D eigenvalue weighted by Gasteiger charge is 2.49. The Morgan fingerprint density at radius 3 is 2.30 bits per heavy atom. The molecule has 1 N–H and O–H groups in total. The molecule has 0 heterocycles. The Kier molecular flexibility index (Phi) is 1.36. The van der Waals surface area contributed by atoms with E-state index in [0.717, 1.165) is 0 Å². The summed E-state index contributed by atoms with van der Waals surface area (Å²) >= 11 is 0. The molecule has 0 aromatic rings. The van der Waals surface area contributed by atoms with Crippen molar-refractivity contribution in [3.05, 3.63) is 12.2 Å². The summed E-state index contributed by atoms with van der Waals surface area (Å²) in [4.78, 5) is 0. The van der Waals surface area contributed by atoms with Gasteiger partial charge in [-0.3, -0.25) is 0 Å². The zero-order valence-electron chi connectivity index (χ0n) is 6.09. The summed E-state index contributed by atoms with van der Waals surface area (Å²) in [5, 5.41) is 9.49. The quantitative estimate of drug-likeness (QED) is 0.418. The van der Waals surface area contributed by atoms with E-state index in [1.165, 1.54) is 7.11 Å². The van der Waals surface area contributed by atoms with Gasteiger partial charge in [0.05, 0.1) is 0 Å². The van der Waals surface area contributed by atoms with Crippen LogP contribution in [0.25, 0.3) is 0 Å². The van der Waals surface area contributed by atoms with Crippen LogP contribution in [0.15, 0.2) is 12.2 Å². The summed E-state index contributed by atoms with van der Waals surface area (Å²) in [6.07, 6.45) is 8.38. The van der Waals surface area contributed by atoms with Crippen LogP contribution >= 0.6 is 0 Å². The molecule has 0 aliphatic heterocycles. The highest BCUT2D eigenvalue weighted by molar-refractivity contribution is 5.40. The molecule has 2 nitrogen and oxygen atoms in total. The van der Waals surface area contributed by atoms with Gasteiger partial charge in [0.15, 0.2) is 5.60 Å². The molecule has 10 heavy (non-hydrogen) atoms. The zero-order valence-corrected chi connectivity index (χ0v) is 6.09. The SMILES string of the molecule is C#C[C@]1(O)C=C[C@@]1(C)OC. The first-order valence-corrected chi connectivity index (χ1v) is 3.04. The third-order valence-corrected chi connectivity index (χ3v) is 2.04. The topological polar surface area (TPSA) is 29.5 Å². The van der Waals surface area contributed by atoms with E-state index in [1.54, 1.807) is 19.1 Å². The summed E-state index contributed by atoms with van der Waals surface area (Å²) in [6, 6.07) is 0. The van der Waals surface area contributed by atoms with Gasteiger partial charge < -0.3 is 9.84 Å². The van der Waals surface area contributed by atoms with Gasteiger partial charge in [-0.15, -0.1) is 6.42 Å². The Labute approximate surface area is 60.5 Å². The van der Waals surface area contributed by atoms with E-state index < -0.39 is 11.2 Å². The minimum Gasteiger partial charge on any atom is -0.371 e. The fraction of sp³-hybridized carbons (Fsp3) is 0.500. The lowest BCUT2D eigenvalue weighted by Crippen LogP contribution is -2.56. The third kappa shape index (κ3) is 0.620. The normalized spacial score (nSPS) is 44.2. The molecule has 2 atom stereocenters. The van der Waals surface area contributed by atoms with E-state index in [-0.39, 0.29) is 0 Å². The maximum Gasteiger partial charge on any atom is 0.176 e. The van der Waals surface area contributed by atoms with Gasteiger partial charge in [0.1, 0.15) is 5.60 Å². The van der Waals surface area contributed by atoms with Crippen molar-refractivity contribution in [3.8, 4) is 12.3 Å². The van der Waals surface area contributed by atoms with Crippen LogP contribution in [0.2, 0.25) is 0 Å². The maximum atomic E-state index is 9.49. The molecule has 1 rings (SSSR count). The lowest BCUT2D eigenvalue weighted by molar-refractivity contribution is -0.0917. The highest BCUT2D eigenvalue weighted by Crippen LogP contribution is 2.36. The summed E-state index contributed by atoms with van der Waals surface area (Å²) in [7, 11) is 1.52. The van der Waals surface area contributed by atoms with Gasteiger partial charge in [0.25, 0.3) is 0 Å². The lowest BCUT2D eigenvalue weighted by Gasteiger charge is -2.43. The predicted molar refractivity (Wildman–Crippen MR) is 38.3 cm³/mol. The third-order valence-electron chi connectivity index (χ3n) is 2.04. The zero-order chi connectivity index (χ0) is 7.83. The molecular weight excluding hydrogens is 128 g/mol. The predicted octanol–water partition coefficient (Wildman–Crippen LogP) is 0.326. The van der Waals surface area contributed by atoms with Crippen molar-refractivity contribution in [2.45, 2.75) is 18.1 Å². The molecule has 1 aliphatic rings. The minimum absolute atomic E-state index is 0.693. The average Bonchev–Trinajstić information content (AvgIpc) is 1.99. The molecule has 0 unspecified atom stereocenters. The first-order chi connectivity index (χ1) is 4.58. The molecule has 54 valence electrons. The highest BCUT2D eigenvalue weighted by atomic mass is 16.5. The fourth-order valence-electron chi connectivity index (χ4n) is 0.891. The maximum absolute atomic E-state index is 9.49. The summed E-state index contributed by atoms with van der Waals surface area (Å²) in [5.41, 5.74) is -1.90. The van der Waals surface area contributed by atoms with E-state index >= 15 is 0 Å². The number of terminal acetylenes is 1. The van der Waals surface area contributed by atoms with E-state index in [4.69, 9.17) is 11.2 Å². The van der Waals surface area contributed by atoms with Gasteiger partial charge in [0, 0.05) is 7.11 Å².